The molecule has 0 saturated carbocycles. The molecule has 0 aromatic heterocycles. The molecule has 0 bridgehead atoms. The maximum absolute atomic E-state index is 9.78. The van der Waals surface area contributed by atoms with E-state index < -0.39 is 5.60 Å². The van der Waals surface area contributed by atoms with Crippen LogP contribution in [-0.2, 0) is 0 Å². The van der Waals surface area contributed by atoms with Crippen LogP contribution in [0, 0.1) is 0 Å². The van der Waals surface area contributed by atoms with Gasteiger partial charge in [-0.3, -0.25) is 0 Å². The van der Waals surface area contributed by atoms with Crippen molar-refractivity contribution in [2.24, 2.45) is 0 Å². The molecule has 0 fully saturated rings. The molecule has 1 heteroatoms. The normalized spacial score (nSPS) is 11.8. The van der Waals surface area contributed by atoms with Crippen LogP contribution in [0.5, 0.6) is 0 Å². The zero-order chi connectivity index (χ0) is 8.74. The molecular weight excluding hydrogens is 136 g/mol. The molecule has 0 saturated heterocycles. The molecule has 1 nitrogen and oxygen atoms in total. The molecule has 11 heavy (non-hydrogen) atoms. The molecule has 1 N–H and O–H groups in total. The number of aliphatic hydroxyl groups is 1. The average molecular weight is 152 g/mol. The molecule has 62 valence electrons. The van der Waals surface area contributed by atoms with E-state index in [-0.39, 0.29) is 0 Å². The molecule has 0 aliphatic heterocycles. The van der Waals surface area contributed by atoms with E-state index in [1.165, 1.54) is 0 Å². The van der Waals surface area contributed by atoms with E-state index in [1.54, 1.807) is 18.2 Å². The molecule has 0 amide bonds. The van der Waals surface area contributed by atoms with E-state index in [2.05, 4.69) is 13.2 Å². The third kappa shape index (κ3) is 3.79. The Kier molecular flexibility index (Phi) is 4.55. The lowest BCUT2D eigenvalue weighted by Crippen LogP contribution is -2.23. The van der Waals surface area contributed by atoms with Crippen LogP contribution in [0.15, 0.2) is 37.5 Å². The van der Waals surface area contributed by atoms with Gasteiger partial charge >= 0.3 is 0 Å². The van der Waals surface area contributed by atoms with Crippen LogP contribution in [0.2, 0.25) is 0 Å². The van der Waals surface area contributed by atoms with Crippen LogP contribution in [0.4, 0.5) is 0 Å². The van der Waals surface area contributed by atoms with E-state index in [4.69, 9.17) is 0 Å². The Morgan fingerprint density at radius 2 is 1.73 bits per heavy atom. The zero-order valence-corrected chi connectivity index (χ0v) is 7.09. The van der Waals surface area contributed by atoms with Gasteiger partial charge in [0.2, 0.25) is 0 Å². The molecule has 0 aliphatic carbocycles. The highest BCUT2D eigenvalue weighted by atomic mass is 16.3. The van der Waals surface area contributed by atoms with Crippen molar-refractivity contribution in [3.8, 4) is 0 Å². The second-order valence-electron chi connectivity index (χ2n) is 2.59. The van der Waals surface area contributed by atoms with Gasteiger partial charge in [-0.05, 0) is 19.8 Å². The van der Waals surface area contributed by atoms with Gasteiger partial charge in [0.25, 0.3) is 0 Å². The summed E-state index contributed by atoms with van der Waals surface area (Å²) in [5.41, 5.74) is -0.766. The summed E-state index contributed by atoms with van der Waals surface area (Å²) in [6.45, 7) is 9.05. The molecule has 0 atom stereocenters. The van der Waals surface area contributed by atoms with Crippen LogP contribution >= 0.6 is 0 Å². The summed E-state index contributed by atoms with van der Waals surface area (Å²) in [6, 6.07) is 0. The van der Waals surface area contributed by atoms with Crippen molar-refractivity contribution in [3.63, 3.8) is 0 Å². The van der Waals surface area contributed by atoms with Crippen LogP contribution in [-0.4, -0.2) is 10.7 Å². The van der Waals surface area contributed by atoms with Crippen molar-refractivity contribution >= 4 is 0 Å². The molecule has 0 aliphatic rings. The molecule has 0 radical (unpaired) electrons. The number of allylic oxidation sites excluding steroid dienone is 1. The highest BCUT2D eigenvalue weighted by Gasteiger charge is 2.18. The lowest BCUT2D eigenvalue weighted by atomic mass is 9.95. The first-order chi connectivity index (χ1) is 5.18. The summed E-state index contributed by atoms with van der Waals surface area (Å²) in [5.74, 6) is 0. The molecule has 0 unspecified atom stereocenters. The zero-order valence-electron chi connectivity index (χ0n) is 7.09. The summed E-state index contributed by atoms with van der Waals surface area (Å²) >= 11 is 0. The van der Waals surface area contributed by atoms with Crippen molar-refractivity contribution in [3.05, 3.63) is 37.5 Å². The Morgan fingerprint density at radius 3 is 2.00 bits per heavy atom. The average Bonchev–Trinajstić information content (AvgIpc) is 1.88. The molecule has 0 heterocycles. The highest BCUT2D eigenvalue weighted by molar-refractivity contribution is 5.05. The lowest BCUT2D eigenvalue weighted by molar-refractivity contribution is 0.0976. The Morgan fingerprint density at radius 1 is 1.27 bits per heavy atom. The molecule has 0 aromatic carbocycles. The van der Waals surface area contributed by atoms with Crippen molar-refractivity contribution in [1.82, 2.24) is 0 Å². The van der Waals surface area contributed by atoms with Crippen LogP contribution in [0.25, 0.3) is 0 Å². The third-order valence-corrected chi connectivity index (χ3v) is 1.47. The van der Waals surface area contributed by atoms with Gasteiger partial charge in [0.15, 0.2) is 0 Å². The largest absolute Gasteiger partial charge is 0.385 e. The third-order valence-electron chi connectivity index (χ3n) is 1.47. The second-order valence-corrected chi connectivity index (χ2v) is 2.59. The van der Waals surface area contributed by atoms with Gasteiger partial charge in [-0.1, -0.05) is 24.3 Å². The first-order valence-electron chi connectivity index (χ1n) is 3.76. The summed E-state index contributed by atoms with van der Waals surface area (Å²) < 4.78 is 0. The monoisotopic (exact) mass is 152 g/mol. The van der Waals surface area contributed by atoms with Crippen LogP contribution in [0.3, 0.4) is 0 Å². The predicted octanol–water partition coefficient (Wildman–Crippen LogP) is 2.45. The maximum Gasteiger partial charge on any atom is 0.0895 e. The Bertz CT molecular complexity index is 146. The lowest BCUT2D eigenvalue weighted by Gasteiger charge is -2.20. The highest BCUT2D eigenvalue weighted by Crippen LogP contribution is 2.17. The maximum atomic E-state index is 9.78. The Balaban J connectivity index is 4.22. The van der Waals surface area contributed by atoms with Gasteiger partial charge in [-0.15, -0.1) is 13.2 Å². The Hall–Kier alpha value is -0.820. The topological polar surface area (TPSA) is 20.2 Å². The number of hydrogen-bond acceptors (Lipinski definition) is 1. The summed E-state index contributed by atoms with van der Waals surface area (Å²) in [4.78, 5) is 0. The number of rotatable bonds is 5. The molecular formula is C10H16O. The molecule has 0 aromatic rings. The Labute approximate surface area is 68.7 Å². The van der Waals surface area contributed by atoms with Gasteiger partial charge in [0.1, 0.15) is 0 Å². The minimum absolute atomic E-state index is 0.573. The summed E-state index contributed by atoms with van der Waals surface area (Å²) in [6.07, 6.45) is 8.18. The van der Waals surface area contributed by atoms with E-state index >= 15 is 0 Å². The first kappa shape index (κ1) is 10.2. The second kappa shape index (κ2) is 4.91. The van der Waals surface area contributed by atoms with E-state index in [1.807, 2.05) is 13.0 Å². The fraction of sp³-hybridized carbons (Fsp3) is 0.400. The van der Waals surface area contributed by atoms with Gasteiger partial charge in [0.05, 0.1) is 5.60 Å². The first-order valence-corrected chi connectivity index (χ1v) is 3.76. The molecule has 0 spiro atoms. The van der Waals surface area contributed by atoms with E-state index in [0.29, 0.717) is 12.8 Å². The molecule has 0 rings (SSSR count). The summed E-state index contributed by atoms with van der Waals surface area (Å²) in [7, 11) is 0. The van der Waals surface area contributed by atoms with Gasteiger partial charge in [0, 0.05) is 0 Å². The van der Waals surface area contributed by atoms with Crippen molar-refractivity contribution in [2.45, 2.75) is 25.4 Å². The van der Waals surface area contributed by atoms with Crippen molar-refractivity contribution in [1.29, 1.82) is 0 Å². The van der Waals surface area contributed by atoms with Crippen molar-refractivity contribution < 1.29 is 5.11 Å². The standard InChI is InChI=1S/C10H16O/c1-4-7-10(11,8-5-2)9-6-3/h4-6,9,11H,1-2,7-8H2,3H3/b9-6+. The van der Waals surface area contributed by atoms with Gasteiger partial charge in [-0.2, -0.15) is 0 Å². The van der Waals surface area contributed by atoms with Crippen molar-refractivity contribution in [2.75, 3.05) is 0 Å². The quantitative estimate of drug-likeness (QED) is 0.600. The number of hydrogen-bond donors (Lipinski definition) is 1. The van der Waals surface area contributed by atoms with Crippen LogP contribution < -0.4 is 0 Å². The minimum Gasteiger partial charge on any atom is -0.385 e. The van der Waals surface area contributed by atoms with Crippen LogP contribution in [0.1, 0.15) is 19.8 Å². The van der Waals surface area contributed by atoms with Gasteiger partial charge < -0.3 is 5.11 Å². The fourth-order valence-corrected chi connectivity index (χ4v) is 1.03. The smallest absolute Gasteiger partial charge is 0.0895 e. The van der Waals surface area contributed by atoms with Gasteiger partial charge in [-0.25, -0.2) is 0 Å². The van der Waals surface area contributed by atoms with E-state index in [0.717, 1.165) is 0 Å². The predicted molar refractivity (Wildman–Crippen MR) is 49.4 cm³/mol. The fourth-order valence-electron chi connectivity index (χ4n) is 1.03. The summed E-state index contributed by atoms with van der Waals surface area (Å²) in [5, 5.41) is 9.78. The minimum atomic E-state index is -0.766. The SMILES string of the molecule is C=CCC(O)(/C=C/C)CC=C. The van der Waals surface area contributed by atoms with E-state index in [9.17, 15) is 5.11 Å².